The quantitative estimate of drug-likeness (QED) is 0.802. The zero-order valence-electron chi connectivity index (χ0n) is 10.4. The lowest BCUT2D eigenvalue weighted by atomic mass is 10.1. The Kier molecular flexibility index (Phi) is 3.12. The molecule has 0 bridgehead atoms. The number of aryl methyl sites for hydroxylation is 1. The van der Waals surface area contributed by atoms with Gasteiger partial charge >= 0.3 is 0 Å². The molecule has 1 fully saturated rings. The number of carbonyl (C=O) groups excluding carboxylic acids is 1. The number of pyridine rings is 1. The standard InChI is InChI=1S/C12H13ClN4O2/c1-7-8(12(18)17-2-4-19-5-3-17)9-10(11(13)16-7)15-6-14-9/h6H,2-5H2,1H3,(H,14,15). The Morgan fingerprint density at radius 1 is 1.47 bits per heavy atom. The van der Waals surface area contributed by atoms with Crippen LogP contribution in [0.15, 0.2) is 6.33 Å². The van der Waals surface area contributed by atoms with Crippen LogP contribution in [-0.2, 0) is 4.74 Å². The highest BCUT2D eigenvalue weighted by Crippen LogP contribution is 2.25. The van der Waals surface area contributed by atoms with E-state index in [9.17, 15) is 4.79 Å². The third-order valence-electron chi connectivity index (χ3n) is 3.22. The molecule has 0 radical (unpaired) electrons. The fourth-order valence-electron chi connectivity index (χ4n) is 2.25. The number of halogens is 1. The maximum absolute atomic E-state index is 12.6. The predicted molar refractivity (Wildman–Crippen MR) is 70.4 cm³/mol. The molecule has 0 aromatic carbocycles. The van der Waals surface area contributed by atoms with Crippen LogP contribution in [0.1, 0.15) is 16.1 Å². The van der Waals surface area contributed by atoms with Crippen molar-refractivity contribution in [2.75, 3.05) is 26.3 Å². The highest BCUT2D eigenvalue weighted by molar-refractivity contribution is 6.34. The van der Waals surface area contributed by atoms with E-state index >= 15 is 0 Å². The van der Waals surface area contributed by atoms with E-state index in [2.05, 4.69) is 15.0 Å². The van der Waals surface area contributed by atoms with Crippen molar-refractivity contribution in [2.45, 2.75) is 6.92 Å². The lowest BCUT2D eigenvalue weighted by molar-refractivity contribution is 0.0303. The van der Waals surface area contributed by atoms with Crippen molar-refractivity contribution in [3.63, 3.8) is 0 Å². The minimum absolute atomic E-state index is 0.0675. The van der Waals surface area contributed by atoms with Crippen molar-refractivity contribution in [3.05, 3.63) is 22.7 Å². The van der Waals surface area contributed by atoms with Crippen molar-refractivity contribution in [1.82, 2.24) is 19.9 Å². The molecular formula is C12H13ClN4O2. The Balaban J connectivity index is 2.08. The van der Waals surface area contributed by atoms with Gasteiger partial charge in [-0.3, -0.25) is 4.79 Å². The first-order chi connectivity index (χ1) is 9.18. The molecule has 0 atom stereocenters. The van der Waals surface area contributed by atoms with Gasteiger partial charge in [-0.05, 0) is 6.92 Å². The van der Waals surface area contributed by atoms with Gasteiger partial charge in [-0.15, -0.1) is 0 Å². The Morgan fingerprint density at radius 2 is 2.21 bits per heavy atom. The third kappa shape index (κ3) is 2.06. The number of ether oxygens (including phenoxy) is 1. The zero-order valence-corrected chi connectivity index (χ0v) is 11.2. The van der Waals surface area contributed by atoms with Crippen molar-refractivity contribution >= 4 is 28.5 Å². The molecule has 100 valence electrons. The van der Waals surface area contributed by atoms with Crippen molar-refractivity contribution in [1.29, 1.82) is 0 Å². The van der Waals surface area contributed by atoms with Crippen LogP contribution in [-0.4, -0.2) is 52.1 Å². The monoisotopic (exact) mass is 280 g/mol. The van der Waals surface area contributed by atoms with Gasteiger partial charge in [-0.1, -0.05) is 11.6 Å². The van der Waals surface area contributed by atoms with Crippen molar-refractivity contribution in [3.8, 4) is 0 Å². The lowest BCUT2D eigenvalue weighted by Gasteiger charge is -2.27. The average molecular weight is 281 g/mol. The number of nitrogens with one attached hydrogen (secondary N) is 1. The zero-order chi connectivity index (χ0) is 13.4. The van der Waals surface area contributed by atoms with Gasteiger partial charge in [0.15, 0.2) is 5.15 Å². The van der Waals surface area contributed by atoms with Crippen LogP contribution in [0.2, 0.25) is 5.15 Å². The largest absolute Gasteiger partial charge is 0.378 e. The molecule has 1 saturated heterocycles. The number of nitrogens with zero attached hydrogens (tertiary/aromatic N) is 3. The summed E-state index contributed by atoms with van der Waals surface area (Å²) in [5.41, 5.74) is 2.29. The fourth-order valence-corrected chi connectivity index (χ4v) is 2.52. The minimum atomic E-state index is -0.0675. The highest BCUT2D eigenvalue weighted by atomic mass is 35.5. The summed E-state index contributed by atoms with van der Waals surface area (Å²) >= 11 is 6.04. The van der Waals surface area contributed by atoms with Gasteiger partial charge in [0, 0.05) is 13.1 Å². The second-order valence-electron chi connectivity index (χ2n) is 4.39. The number of imidazole rings is 1. The van der Waals surface area contributed by atoms with E-state index in [1.165, 1.54) is 6.33 Å². The molecule has 0 aliphatic carbocycles. The van der Waals surface area contributed by atoms with Gasteiger partial charge in [0.25, 0.3) is 5.91 Å². The van der Waals surface area contributed by atoms with Crippen LogP contribution in [0, 0.1) is 6.92 Å². The first kappa shape index (κ1) is 12.4. The van der Waals surface area contributed by atoms with E-state index in [0.717, 1.165) is 0 Å². The second kappa shape index (κ2) is 4.79. The summed E-state index contributed by atoms with van der Waals surface area (Å²) in [7, 11) is 0. The minimum Gasteiger partial charge on any atom is -0.378 e. The molecular weight excluding hydrogens is 268 g/mol. The molecule has 1 aliphatic heterocycles. The average Bonchev–Trinajstić information content (AvgIpc) is 2.89. The first-order valence-corrected chi connectivity index (χ1v) is 6.42. The molecule has 3 heterocycles. The summed E-state index contributed by atoms with van der Waals surface area (Å²) < 4.78 is 5.26. The van der Waals surface area contributed by atoms with Gasteiger partial charge in [0.05, 0.1) is 30.8 Å². The first-order valence-electron chi connectivity index (χ1n) is 6.04. The smallest absolute Gasteiger partial charge is 0.258 e. The summed E-state index contributed by atoms with van der Waals surface area (Å²) in [4.78, 5) is 25.7. The molecule has 0 unspecified atom stereocenters. The summed E-state index contributed by atoms with van der Waals surface area (Å²) in [5, 5.41) is 0.337. The highest BCUT2D eigenvalue weighted by Gasteiger charge is 2.24. The van der Waals surface area contributed by atoms with Gasteiger partial charge in [0.2, 0.25) is 0 Å². The van der Waals surface area contributed by atoms with Crippen LogP contribution in [0.25, 0.3) is 11.0 Å². The van der Waals surface area contributed by atoms with Crippen LogP contribution < -0.4 is 0 Å². The molecule has 1 N–H and O–H groups in total. The Morgan fingerprint density at radius 3 is 2.95 bits per heavy atom. The number of H-pyrrole nitrogens is 1. The molecule has 1 aliphatic rings. The number of amides is 1. The maximum Gasteiger partial charge on any atom is 0.258 e. The summed E-state index contributed by atoms with van der Waals surface area (Å²) in [6.07, 6.45) is 1.52. The number of hydrogen-bond donors (Lipinski definition) is 1. The fraction of sp³-hybridized carbons (Fsp3) is 0.417. The second-order valence-corrected chi connectivity index (χ2v) is 4.75. The normalized spacial score (nSPS) is 16.0. The van der Waals surface area contributed by atoms with E-state index < -0.39 is 0 Å². The molecule has 0 saturated carbocycles. The molecule has 19 heavy (non-hydrogen) atoms. The Bertz CT molecular complexity index is 634. The summed E-state index contributed by atoms with van der Waals surface area (Å²) in [5.74, 6) is -0.0675. The van der Waals surface area contributed by atoms with E-state index in [1.807, 2.05) is 0 Å². The Hall–Kier alpha value is -1.66. The molecule has 2 aromatic rings. The molecule has 1 amide bonds. The number of morpholine rings is 1. The van der Waals surface area contributed by atoms with Crippen LogP contribution in [0.5, 0.6) is 0 Å². The Labute approximate surface area is 114 Å². The number of aromatic nitrogens is 3. The molecule has 2 aromatic heterocycles. The van der Waals surface area contributed by atoms with Crippen LogP contribution in [0.4, 0.5) is 0 Å². The molecule has 7 heteroatoms. The number of aromatic amines is 1. The molecule has 0 spiro atoms. The van der Waals surface area contributed by atoms with Crippen molar-refractivity contribution in [2.24, 2.45) is 0 Å². The van der Waals surface area contributed by atoms with E-state index in [0.29, 0.717) is 53.7 Å². The van der Waals surface area contributed by atoms with E-state index in [1.54, 1.807) is 11.8 Å². The topological polar surface area (TPSA) is 71.1 Å². The van der Waals surface area contributed by atoms with Crippen LogP contribution in [0.3, 0.4) is 0 Å². The van der Waals surface area contributed by atoms with Crippen molar-refractivity contribution < 1.29 is 9.53 Å². The van der Waals surface area contributed by atoms with Crippen LogP contribution >= 0.6 is 11.6 Å². The maximum atomic E-state index is 12.6. The summed E-state index contributed by atoms with van der Waals surface area (Å²) in [6, 6.07) is 0. The SMILES string of the molecule is Cc1nc(Cl)c2[nH]cnc2c1C(=O)N1CCOCC1. The van der Waals surface area contributed by atoms with Gasteiger partial charge in [0.1, 0.15) is 11.0 Å². The van der Waals surface area contributed by atoms with Gasteiger partial charge in [-0.25, -0.2) is 9.97 Å². The predicted octanol–water partition coefficient (Wildman–Crippen LogP) is 1.39. The molecule has 6 nitrogen and oxygen atoms in total. The molecule has 3 rings (SSSR count). The van der Waals surface area contributed by atoms with E-state index in [-0.39, 0.29) is 5.91 Å². The van der Waals surface area contributed by atoms with Gasteiger partial charge in [-0.2, -0.15) is 0 Å². The summed E-state index contributed by atoms with van der Waals surface area (Å²) in [6.45, 7) is 4.08. The van der Waals surface area contributed by atoms with Gasteiger partial charge < -0.3 is 14.6 Å². The number of rotatable bonds is 1. The number of carbonyl (C=O) groups is 1. The van der Waals surface area contributed by atoms with E-state index in [4.69, 9.17) is 16.3 Å². The lowest BCUT2D eigenvalue weighted by Crippen LogP contribution is -2.41. The number of hydrogen-bond acceptors (Lipinski definition) is 4. The number of fused-ring (bicyclic) bond motifs is 1. The third-order valence-corrected chi connectivity index (χ3v) is 3.50.